The van der Waals surface area contributed by atoms with Crippen LogP contribution in [0, 0.1) is 13.8 Å². The minimum atomic E-state index is -3.36. The van der Waals surface area contributed by atoms with Gasteiger partial charge in [0, 0.05) is 19.1 Å². The molecule has 0 bridgehead atoms. The average molecular weight is 244 g/mol. The van der Waals surface area contributed by atoms with E-state index in [0.717, 1.165) is 0 Å². The number of aromatic nitrogens is 2. The maximum absolute atomic E-state index is 12.2. The number of sulfonamides is 1. The van der Waals surface area contributed by atoms with Crippen molar-refractivity contribution >= 4 is 10.0 Å². The van der Waals surface area contributed by atoms with Crippen LogP contribution in [0.1, 0.15) is 11.4 Å². The fraction of sp³-hybridized carbons (Fsp3) is 0.667. The molecule has 1 aromatic rings. The number of rotatable bonds is 3. The van der Waals surface area contributed by atoms with Gasteiger partial charge < -0.3 is 5.32 Å². The second-order valence-electron chi connectivity index (χ2n) is 4.07. The fourth-order valence-corrected chi connectivity index (χ4v) is 3.73. The molecule has 0 amide bonds. The molecule has 7 heteroatoms. The number of H-pyrrole nitrogens is 1. The highest BCUT2D eigenvalue weighted by Gasteiger charge is 2.38. The Morgan fingerprint density at radius 1 is 1.44 bits per heavy atom. The van der Waals surface area contributed by atoms with Gasteiger partial charge in [0.05, 0.1) is 11.4 Å². The van der Waals surface area contributed by atoms with Crippen molar-refractivity contribution in [1.29, 1.82) is 0 Å². The van der Waals surface area contributed by atoms with Crippen LogP contribution in [0.15, 0.2) is 4.90 Å². The zero-order chi connectivity index (χ0) is 11.9. The summed E-state index contributed by atoms with van der Waals surface area (Å²) in [5, 5.41) is 9.66. The van der Waals surface area contributed by atoms with E-state index in [9.17, 15) is 8.42 Å². The zero-order valence-electron chi connectivity index (χ0n) is 9.61. The molecular formula is C9H16N4O2S. The summed E-state index contributed by atoms with van der Waals surface area (Å²) in [5.74, 6) is 0. The van der Waals surface area contributed by atoms with Crippen molar-refractivity contribution in [2.75, 3.05) is 20.1 Å². The molecule has 1 fully saturated rings. The van der Waals surface area contributed by atoms with Gasteiger partial charge in [-0.2, -0.15) is 9.40 Å². The molecule has 2 heterocycles. The van der Waals surface area contributed by atoms with Gasteiger partial charge in [-0.15, -0.1) is 0 Å². The minimum Gasteiger partial charge on any atom is -0.314 e. The molecule has 0 radical (unpaired) electrons. The Labute approximate surface area is 95.1 Å². The van der Waals surface area contributed by atoms with Gasteiger partial charge in [0.1, 0.15) is 4.90 Å². The second-order valence-corrected chi connectivity index (χ2v) is 5.95. The smallest absolute Gasteiger partial charge is 0.246 e. The highest BCUT2D eigenvalue weighted by Crippen LogP contribution is 2.25. The third-order valence-electron chi connectivity index (χ3n) is 2.91. The fourth-order valence-electron chi connectivity index (χ4n) is 1.87. The quantitative estimate of drug-likeness (QED) is 0.759. The van der Waals surface area contributed by atoms with Crippen LogP contribution in [0.25, 0.3) is 0 Å². The van der Waals surface area contributed by atoms with E-state index in [-0.39, 0.29) is 6.04 Å². The number of aromatic amines is 1. The number of nitrogens with zero attached hydrogens (tertiary/aromatic N) is 2. The average Bonchev–Trinajstić information content (AvgIpc) is 2.44. The number of hydrogen-bond acceptors (Lipinski definition) is 4. The van der Waals surface area contributed by atoms with Gasteiger partial charge in [-0.3, -0.25) is 5.10 Å². The Balaban J connectivity index is 2.28. The molecular weight excluding hydrogens is 228 g/mol. The zero-order valence-corrected chi connectivity index (χ0v) is 10.4. The highest BCUT2D eigenvalue weighted by atomic mass is 32.2. The molecule has 1 aromatic heterocycles. The number of likely N-dealkylation sites (N-methyl/N-ethyl adjacent to an activating group) is 1. The van der Waals surface area contributed by atoms with Crippen molar-refractivity contribution < 1.29 is 8.42 Å². The third kappa shape index (κ3) is 1.64. The topological polar surface area (TPSA) is 78.1 Å². The summed E-state index contributed by atoms with van der Waals surface area (Å²) in [6.45, 7) is 4.49. The summed E-state index contributed by atoms with van der Waals surface area (Å²) in [4.78, 5) is 0.321. The van der Waals surface area contributed by atoms with Crippen LogP contribution in [0.4, 0.5) is 0 Å². The standard InChI is InChI=1S/C9H16N4O2S/c1-6-9(7(2)12-11-6)16(14,15)13-4-8(5-13)10-3/h8,10H,4-5H2,1-3H3,(H,11,12). The van der Waals surface area contributed by atoms with Crippen LogP contribution in [-0.4, -0.2) is 49.1 Å². The molecule has 6 nitrogen and oxygen atoms in total. The highest BCUT2D eigenvalue weighted by molar-refractivity contribution is 7.89. The predicted octanol–water partition coefficient (Wildman–Crippen LogP) is -0.381. The summed E-state index contributed by atoms with van der Waals surface area (Å²) in [5.41, 5.74) is 1.14. The van der Waals surface area contributed by atoms with Crippen LogP contribution >= 0.6 is 0 Å². The molecule has 0 spiro atoms. The van der Waals surface area contributed by atoms with E-state index in [1.165, 1.54) is 4.31 Å². The van der Waals surface area contributed by atoms with E-state index >= 15 is 0 Å². The summed E-state index contributed by atoms with van der Waals surface area (Å²) < 4.78 is 25.9. The molecule has 90 valence electrons. The van der Waals surface area contributed by atoms with Crippen LogP contribution in [0.2, 0.25) is 0 Å². The lowest BCUT2D eigenvalue weighted by atomic mass is 10.2. The lowest BCUT2D eigenvalue weighted by Crippen LogP contribution is -2.58. The van der Waals surface area contributed by atoms with E-state index in [4.69, 9.17) is 0 Å². The second kappa shape index (κ2) is 3.83. The molecule has 0 saturated carbocycles. The van der Waals surface area contributed by atoms with Crippen LogP contribution < -0.4 is 5.32 Å². The van der Waals surface area contributed by atoms with Gasteiger partial charge >= 0.3 is 0 Å². The van der Waals surface area contributed by atoms with Gasteiger partial charge in [0.25, 0.3) is 0 Å². The molecule has 0 unspecified atom stereocenters. The molecule has 0 atom stereocenters. The van der Waals surface area contributed by atoms with Crippen LogP contribution in [0.5, 0.6) is 0 Å². The maximum atomic E-state index is 12.2. The van der Waals surface area contributed by atoms with E-state index in [2.05, 4.69) is 15.5 Å². The van der Waals surface area contributed by atoms with Crippen LogP contribution in [0.3, 0.4) is 0 Å². The normalized spacial score (nSPS) is 18.7. The number of aryl methyl sites for hydroxylation is 2. The monoisotopic (exact) mass is 244 g/mol. The van der Waals surface area contributed by atoms with Gasteiger partial charge in [-0.1, -0.05) is 0 Å². The molecule has 16 heavy (non-hydrogen) atoms. The largest absolute Gasteiger partial charge is 0.314 e. The van der Waals surface area contributed by atoms with Gasteiger partial charge in [0.15, 0.2) is 0 Å². The molecule has 2 rings (SSSR count). The first kappa shape index (κ1) is 11.6. The lowest BCUT2D eigenvalue weighted by molar-refractivity contribution is 0.236. The maximum Gasteiger partial charge on any atom is 0.246 e. The Morgan fingerprint density at radius 2 is 2.06 bits per heavy atom. The molecule has 1 aliphatic heterocycles. The molecule has 1 saturated heterocycles. The Bertz CT molecular complexity index is 468. The first-order valence-electron chi connectivity index (χ1n) is 5.15. The van der Waals surface area contributed by atoms with Gasteiger partial charge in [-0.25, -0.2) is 8.42 Å². The van der Waals surface area contributed by atoms with Crippen molar-refractivity contribution in [1.82, 2.24) is 19.8 Å². The third-order valence-corrected chi connectivity index (χ3v) is 5.01. The Morgan fingerprint density at radius 3 is 2.50 bits per heavy atom. The van der Waals surface area contributed by atoms with Crippen LogP contribution in [-0.2, 0) is 10.0 Å². The first-order valence-corrected chi connectivity index (χ1v) is 6.59. The van der Waals surface area contributed by atoms with E-state index in [1.807, 2.05) is 7.05 Å². The summed E-state index contributed by atoms with van der Waals surface area (Å²) in [6, 6.07) is 0.266. The predicted molar refractivity (Wildman–Crippen MR) is 59.7 cm³/mol. The van der Waals surface area contributed by atoms with E-state index in [1.54, 1.807) is 13.8 Å². The van der Waals surface area contributed by atoms with Crippen molar-refractivity contribution in [3.8, 4) is 0 Å². The summed E-state index contributed by atoms with van der Waals surface area (Å²) in [7, 11) is -1.53. The summed E-state index contributed by atoms with van der Waals surface area (Å²) >= 11 is 0. The molecule has 0 aliphatic carbocycles. The van der Waals surface area contributed by atoms with E-state index in [0.29, 0.717) is 29.4 Å². The lowest BCUT2D eigenvalue weighted by Gasteiger charge is -2.37. The van der Waals surface area contributed by atoms with Crippen molar-refractivity contribution in [3.63, 3.8) is 0 Å². The molecule has 2 N–H and O–H groups in total. The summed E-state index contributed by atoms with van der Waals surface area (Å²) in [6.07, 6.45) is 0. The van der Waals surface area contributed by atoms with Gasteiger partial charge in [-0.05, 0) is 20.9 Å². The number of hydrogen-bond donors (Lipinski definition) is 2. The van der Waals surface area contributed by atoms with Gasteiger partial charge in [0.2, 0.25) is 10.0 Å². The van der Waals surface area contributed by atoms with Crippen molar-refractivity contribution in [2.45, 2.75) is 24.8 Å². The van der Waals surface area contributed by atoms with Crippen molar-refractivity contribution in [3.05, 3.63) is 11.4 Å². The minimum absolute atomic E-state index is 0.266. The van der Waals surface area contributed by atoms with Crippen molar-refractivity contribution in [2.24, 2.45) is 0 Å². The Hall–Kier alpha value is -0.920. The molecule has 0 aromatic carbocycles. The SMILES string of the molecule is CNC1CN(S(=O)(=O)c2c(C)n[nH]c2C)C1. The molecule has 1 aliphatic rings. The first-order chi connectivity index (χ1) is 7.46. The Kier molecular flexibility index (Phi) is 2.77. The van der Waals surface area contributed by atoms with E-state index < -0.39 is 10.0 Å². The number of nitrogens with one attached hydrogen (secondary N) is 2.